The Kier molecular flexibility index (Phi) is 4.13. The molecule has 3 rings (SSSR count). The van der Waals surface area contributed by atoms with E-state index in [4.69, 9.17) is 16.3 Å². The van der Waals surface area contributed by atoms with E-state index in [0.29, 0.717) is 5.88 Å². The molecule has 5 heteroatoms. The molecule has 0 aliphatic carbocycles. The minimum absolute atomic E-state index is 0.432. The Bertz CT molecular complexity index is 621. The van der Waals surface area contributed by atoms with Crippen molar-refractivity contribution in [2.24, 2.45) is 0 Å². The molecule has 0 saturated carbocycles. The SMILES string of the molecule is ClCc1cc(Br)cnc1N1CCCOc2ccccc21. The summed E-state index contributed by atoms with van der Waals surface area (Å²) in [5.41, 5.74) is 2.06. The standard InChI is InChI=1S/C15H14BrClN2O/c16-12-8-11(9-17)15(18-10-12)19-6-3-7-20-14-5-2-1-4-13(14)19/h1-2,4-5,8,10H,3,6-7,9H2. The number of anilines is 2. The van der Waals surface area contributed by atoms with Crippen LogP contribution in [-0.2, 0) is 5.88 Å². The number of fused-ring (bicyclic) bond motifs is 1. The Morgan fingerprint density at radius 2 is 2.20 bits per heavy atom. The van der Waals surface area contributed by atoms with Crippen molar-refractivity contribution in [2.45, 2.75) is 12.3 Å². The molecule has 3 nitrogen and oxygen atoms in total. The molecular weight excluding hydrogens is 340 g/mol. The molecule has 104 valence electrons. The summed E-state index contributed by atoms with van der Waals surface area (Å²) in [6.07, 6.45) is 2.76. The zero-order valence-electron chi connectivity index (χ0n) is 10.9. The van der Waals surface area contributed by atoms with Gasteiger partial charge < -0.3 is 9.64 Å². The number of hydrogen-bond donors (Lipinski definition) is 0. The van der Waals surface area contributed by atoms with E-state index in [2.05, 4.69) is 31.9 Å². The average Bonchev–Trinajstić information content (AvgIpc) is 2.69. The molecule has 20 heavy (non-hydrogen) atoms. The fourth-order valence-corrected chi connectivity index (χ4v) is 2.94. The molecule has 0 radical (unpaired) electrons. The smallest absolute Gasteiger partial charge is 0.142 e. The van der Waals surface area contributed by atoms with Gasteiger partial charge in [0.1, 0.15) is 11.6 Å². The number of pyridine rings is 1. The zero-order valence-corrected chi connectivity index (χ0v) is 13.2. The first kappa shape index (κ1) is 13.7. The summed E-state index contributed by atoms with van der Waals surface area (Å²) in [6, 6.07) is 10.1. The second-order valence-electron chi connectivity index (χ2n) is 4.59. The quantitative estimate of drug-likeness (QED) is 0.743. The molecule has 1 aliphatic heterocycles. The van der Waals surface area contributed by atoms with Crippen LogP contribution in [0.3, 0.4) is 0 Å². The van der Waals surface area contributed by atoms with Crippen LogP contribution in [0.1, 0.15) is 12.0 Å². The minimum Gasteiger partial charge on any atom is -0.491 e. The lowest BCUT2D eigenvalue weighted by molar-refractivity contribution is 0.322. The maximum Gasteiger partial charge on any atom is 0.142 e. The van der Waals surface area contributed by atoms with Crippen LogP contribution in [0.2, 0.25) is 0 Å². The molecule has 2 heterocycles. The lowest BCUT2D eigenvalue weighted by Crippen LogP contribution is -2.20. The lowest BCUT2D eigenvalue weighted by atomic mass is 10.2. The monoisotopic (exact) mass is 352 g/mol. The third kappa shape index (κ3) is 2.63. The summed E-state index contributed by atoms with van der Waals surface area (Å²) in [6.45, 7) is 1.59. The van der Waals surface area contributed by atoms with Gasteiger partial charge in [0.15, 0.2) is 0 Å². The minimum atomic E-state index is 0.432. The number of para-hydroxylation sites is 2. The highest BCUT2D eigenvalue weighted by Crippen LogP contribution is 2.37. The van der Waals surface area contributed by atoms with Gasteiger partial charge in [-0.2, -0.15) is 0 Å². The molecule has 2 aromatic rings. The van der Waals surface area contributed by atoms with Gasteiger partial charge in [-0.1, -0.05) is 12.1 Å². The van der Waals surface area contributed by atoms with Crippen LogP contribution in [-0.4, -0.2) is 18.1 Å². The van der Waals surface area contributed by atoms with Gasteiger partial charge in [-0.3, -0.25) is 0 Å². The topological polar surface area (TPSA) is 25.4 Å². The molecule has 0 spiro atoms. The van der Waals surface area contributed by atoms with Crippen LogP contribution in [0, 0.1) is 0 Å². The first-order valence-electron chi connectivity index (χ1n) is 6.49. The molecular formula is C15H14BrClN2O. The summed E-state index contributed by atoms with van der Waals surface area (Å²) >= 11 is 9.52. The van der Waals surface area contributed by atoms with E-state index in [1.54, 1.807) is 6.20 Å². The van der Waals surface area contributed by atoms with Crippen LogP contribution in [0.5, 0.6) is 5.75 Å². The third-order valence-electron chi connectivity index (χ3n) is 3.25. The molecule has 1 aliphatic rings. The van der Waals surface area contributed by atoms with Crippen molar-refractivity contribution in [3.63, 3.8) is 0 Å². The largest absolute Gasteiger partial charge is 0.491 e. The van der Waals surface area contributed by atoms with Gasteiger partial charge in [-0.25, -0.2) is 4.98 Å². The Labute approximate surface area is 131 Å². The van der Waals surface area contributed by atoms with Crippen molar-refractivity contribution in [1.82, 2.24) is 4.98 Å². The number of hydrogen-bond acceptors (Lipinski definition) is 3. The van der Waals surface area contributed by atoms with Crippen LogP contribution >= 0.6 is 27.5 Å². The van der Waals surface area contributed by atoms with E-state index in [0.717, 1.165) is 46.9 Å². The highest BCUT2D eigenvalue weighted by atomic mass is 79.9. The van der Waals surface area contributed by atoms with Crippen LogP contribution < -0.4 is 9.64 Å². The molecule has 1 aromatic heterocycles. The number of alkyl halides is 1. The maximum absolute atomic E-state index is 6.07. The summed E-state index contributed by atoms with van der Waals surface area (Å²) in [7, 11) is 0. The van der Waals surface area contributed by atoms with Crippen molar-refractivity contribution in [3.8, 4) is 5.75 Å². The van der Waals surface area contributed by atoms with Gasteiger partial charge in [0.05, 0.1) is 18.2 Å². The highest BCUT2D eigenvalue weighted by Gasteiger charge is 2.20. The number of halogens is 2. The third-order valence-corrected chi connectivity index (χ3v) is 3.97. The van der Waals surface area contributed by atoms with Crippen molar-refractivity contribution >= 4 is 39.0 Å². The van der Waals surface area contributed by atoms with Crippen LogP contribution in [0.25, 0.3) is 0 Å². The van der Waals surface area contributed by atoms with Crippen molar-refractivity contribution in [1.29, 1.82) is 0 Å². The molecule has 0 unspecified atom stereocenters. The van der Waals surface area contributed by atoms with E-state index >= 15 is 0 Å². The summed E-state index contributed by atoms with van der Waals surface area (Å²) in [5, 5.41) is 0. The fraction of sp³-hybridized carbons (Fsp3) is 0.267. The zero-order chi connectivity index (χ0) is 13.9. The van der Waals surface area contributed by atoms with Gasteiger partial charge in [0.25, 0.3) is 0 Å². The Morgan fingerprint density at radius 1 is 1.35 bits per heavy atom. The van der Waals surface area contributed by atoms with E-state index < -0.39 is 0 Å². The summed E-state index contributed by atoms with van der Waals surface area (Å²) in [4.78, 5) is 6.74. The van der Waals surface area contributed by atoms with Gasteiger partial charge in [0.2, 0.25) is 0 Å². The molecule has 0 bridgehead atoms. The van der Waals surface area contributed by atoms with Gasteiger partial charge in [-0.05, 0) is 40.5 Å². The highest BCUT2D eigenvalue weighted by molar-refractivity contribution is 9.10. The van der Waals surface area contributed by atoms with E-state index in [1.165, 1.54) is 0 Å². The Balaban J connectivity index is 2.10. The maximum atomic E-state index is 6.07. The molecule has 0 amide bonds. The van der Waals surface area contributed by atoms with Crippen LogP contribution in [0.15, 0.2) is 41.0 Å². The molecule has 0 atom stereocenters. The normalized spacial score (nSPS) is 14.4. The average molecular weight is 354 g/mol. The predicted octanol–water partition coefficient (Wildman–Crippen LogP) is 4.50. The number of ether oxygens (including phenoxy) is 1. The van der Waals surface area contributed by atoms with Crippen molar-refractivity contribution in [3.05, 3.63) is 46.6 Å². The molecule has 0 saturated heterocycles. The Morgan fingerprint density at radius 3 is 3.05 bits per heavy atom. The molecule has 0 N–H and O–H groups in total. The van der Waals surface area contributed by atoms with Gasteiger partial charge >= 0.3 is 0 Å². The van der Waals surface area contributed by atoms with Gasteiger partial charge in [-0.15, -0.1) is 11.6 Å². The van der Waals surface area contributed by atoms with E-state index in [1.807, 2.05) is 24.3 Å². The number of benzene rings is 1. The second kappa shape index (κ2) is 6.02. The van der Waals surface area contributed by atoms with Crippen molar-refractivity contribution in [2.75, 3.05) is 18.1 Å². The lowest BCUT2D eigenvalue weighted by Gasteiger charge is -2.24. The van der Waals surface area contributed by atoms with Crippen molar-refractivity contribution < 1.29 is 4.74 Å². The first-order valence-corrected chi connectivity index (χ1v) is 7.82. The fourth-order valence-electron chi connectivity index (χ4n) is 2.36. The molecule has 0 fully saturated rings. The predicted molar refractivity (Wildman–Crippen MR) is 85.1 cm³/mol. The van der Waals surface area contributed by atoms with E-state index in [9.17, 15) is 0 Å². The van der Waals surface area contributed by atoms with E-state index in [-0.39, 0.29) is 0 Å². The summed E-state index contributed by atoms with van der Waals surface area (Å²) < 4.78 is 6.73. The second-order valence-corrected chi connectivity index (χ2v) is 5.77. The Hall–Kier alpha value is -1.26. The number of aromatic nitrogens is 1. The summed E-state index contributed by atoms with van der Waals surface area (Å²) in [5.74, 6) is 2.23. The molecule has 1 aromatic carbocycles. The first-order chi connectivity index (χ1) is 9.79. The number of rotatable bonds is 2. The van der Waals surface area contributed by atoms with Gasteiger partial charge in [0, 0.05) is 22.8 Å². The number of nitrogens with zero attached hydrogens (tertiary/aromatic N) is 2. The van der Waals surface area contributed by atoms with Crippen LogP contribution in [0.4, 0.5) is 11.5 Å².